The second-order valence-electron chi connectivity index (χ2n) is 4.07. The lowest BCUT2D eigenvalue weighted by molar-refractivity contribution is 0.594. The molecule has 0 saturated heterocycles. The van der Waals surface area contributed by atoms with E-state index >= 15 is 0 Å². The minimum Gasteiger partial charge on any atom is -0.389 e. The molecule has 1 heterocycles. The number of halogens is 2. The first-order valence-electron chi connectivity index (χ1n) is 5.52. The second kappa shape index (κ2) is 5.58. The molecule has 3 N–H and O–H groups in total. The van der Waals surface area contributed by atoms with E-state index in [4.69, 9.17) is 29.6 Å². The van der Waals surface area contributed by atoms with Gasteiger partial charge in [0.1, 0.15) is 21.5 Å². The molecular formula is C11H10ClFN4O2S2. The molecule has 112 valence electrons. The smallest absolute Gasteiger partial charge is 0.264 e. The summed E-state index contributed by atoms with van der Waals surface area (Å²) in [7, 11) is -2.61. The number of thiocarbonyl (C=S) groups is 1. The molecule has 0 atom stereocenters. The van der Waals surface area contributed by atoms with Crippen molar-refractivity contribution in [2.75, 3.05) is 4.72 Å². The predicted molar refractivity (Wildman–Crippen MR) is 81.3 cm³/mol. The number of benzene rings is 1. The van der Waals surface area contributed by atoms with Gasteiger partial charge in [0.05, 0.1) is 16.8 Å². The van der Waals surface area contributed by atoms with Crippen LogP contribution >= 0.6 is 23.8 Å². The van der Waals surface area contributed by atoms with Crippen LogP contribution in [0.1, 0.15) is 5.56 Å². The molecule has 0 aliphatic heterocycles. The van der Waals surface area contributed by atoms with Gasteiger partial charge in [-0.15, -0.1) is 0 Å². The summed E-state index contributed by atoms with van der Waals surface area (Å²) in [6.07, 6.45) is 1.33. The third-order valence-electron chi connectivity index (χ3n) is 2.62. The molecule has 1 aromatic heterocycles. The average molecular weight is 349 g/mol. The Balaban J connectivity index is 2.50. The zero-order valence-corrected chi connectivity index (χ0v) is 13.1. The quantitative estimate of drug-likeness (QED) is 0.820. The highest BCUT2D eigenvalue weighted by Gasteiger charge is 2.22. The predicted octanol–water partition coefficient (Wildman–Crippen LogP) is 1.65. The zero-order chi connectivity index (χ0) is 15.8. The van der Waals surface area contributed by atoms with E-state index < -0.39 is 15.8 Å². The molecule has 0 fully saturated rings. The monoisotopic (exact) mass is 348 g/mol. The molecule has 0 bridgehead atoms. The molecule has 2 aromatic rings. The Morgan fingerprint density at radius 2 is 2.19 bits per heavy atom. The van der Waals surface area contributed by atoms with E-state index in [0.29, 0.717) is 0 Å². The number of sulfonamides is 1. The van der Waals surface area contributed by atoms with Crippen LogP contribution in [-0.4, -0.2) is 23.2 Å². The minimum atomic E-state index is -4.11. The number of hydrogen-bond donors (Lipinski definition) is 2. The molecule has 0 spiro atoms. The van der Waals surface area contributed by atoms with Crippen molar-refractivity contribution in [3.63, 3.8) is 0 Å². The third-order valence-corrected chi connectivity index (χ3v) is 4.66. The summed E-state index contributed by atoms with van der Waals surface area (Å²) in [5.74, 6) is -0.651. The minimum absolute atomic E-state index is 0.0221. The van der Waals surface area contributed by atoms with Crippen LogP contribution < -0.4 is 10.5 Å². The Hall–Kier alpha value is -1.71. The fourth-order valence-corrected chi connectivity index (χ4v) is 3.37. The van der Waals surface area contributed by atoms with Crippen LogP contribution in [0.2, 0.25) is 5.02 Å². The maximum atomic E-state index is 13.2. The van der Waals surface area contributed by atoms with Gasteiger partial charge in [0.15, 0.2) is 0 Å². The Kier molecular flexibility index (Phi) is 4.17. The highest BCUT2D eigenvalue weighted by molar-refractivity contribution is 7.92. The van der Waals surface area contributed by atoms with Gasteiger partial charge >= 0.3 is 0 Å². The first kappa shape index (κ1) is 15.7. The van der Waals surface area contributed by atoms with Crippen molar-refractivity contribution in [2.45, 2.75) is 4.90 Å². The van der Waals surface area contributed by atoms with Gasteiger partial charge in [0, 0.05) is 7.05 Å². The fraction of sp³-hybridized carbons (Fsp3) is 0.0909. The van der Waals surface area contributed by atoms with Gasteiger partial charge in [-0.3, -0.25) is 9.40 Å². The van der Waals surface area contributed by atoms with E-state index in [-0.39, 0.29) is 26.3 Å². The Bertz CT molecular complexity index is 820. The number of aromatic nitrogens is 2. The van der Waals surface area contributed by atoms with Crippen LogP contribution in [0.15, 0.2) is 29.3 Å². The Morgan fingerprint density at radius 3 is 2.81 bits per heavy atom. The molecule has 0 unspecified atom stereocenters. The van der Waals surface area contributed by atoms with Gasteiger partial charge in [-0.2, -0.15) is 5.10 Å². The maximum Gasteiger partial charge on any atom is 0.264 e. The van der Waals surface area contributed by atoms with Crippen molar-refractivity contribution >= 4 is 44.6 Å². The number of nitrogens with zero attached hydrogens (tertiary/aromatic N) is 2. The lowest BCUT2D eigenvalue weighted by Crippen LogP contribution is -2.19. The number of nitrogens with one attached hydrogen (secondary N) is 1. The van der Waals surface area contributed by atoms with Gasteiger partial charge in [-0.1, -0.05) is 23.8 Å². The van der Waals surface area contributed by atoms with Crippen LogP contribution in [0.4, 0.5) is 10.2 Å². The van der Waals surface area contributed by atoms with Crippen LogP contribution in [0.5, 0.6) is 0 Å². The van der Waals surface area contributed by atoms with Gasteiger partial charge in [-0.05, 0) is 18.2 Å². The van der Waals surface area contributed by atoms with Gasteiger partial charge < -0.3 is 5.73 Å². The summed E-state index contributed by atoms with van der Waals surface area (Å²) >= 11 is 10.6. The number of anilines is 1. The van der Waals surface area contributed by atoms with Gasteiger partial charge in [-0.25, -0.2) is 12.8 Å². The second-order valence-corrected chi connectivity index (χ2v) is 6.57. The lowest BCUT2D eigenvalue weighted by Gasteiger charge is -2.11. The average Bonchev–Trinajstić information content (AvgIpc) is 2.73. The molecule has 1 aromatic carbocycles. The first-order chi connectivity index (χ1) is 9.72. The molecule has 0 saturated carbocycles. The summed E-state index contributed by atoms with van der Waals surface area (Å²) in [5, 5.41) is 3.76. The van der Waals surface area contributed by atoms with E-state index in [9.17, 15) is 12.8 Å². The molecular weight excluding hydrogens is 339 g/mol. The van der Waals surface area contributed by atoms with Gasteiger partial charge in [0.2, 0.25) is 0 Å². The highest BCUT2D eigenvalue weighted by atomic mass is 35.5. The topological polar surface area (TPSA) is 90.0 Å². The van der Waals surface area contributed by atoms with E-state index in [1.54, 1.807) is 0 Å². The maximum absolute atomic E-state index is 13.2. The van der Waals surface area contributed by atoms with Crippen molar-refractivity contribution in [1.82, 2.24) is 9.78 Å². The summed E-state index contributed by atoms with van der Waals surface area (Å²) < 4.78 is 41.4. The largest absolute Gasteiger partial charge is 0.389 e. The standard InChI is InChI=1S/C11H10ClFN4O2S2/c1-17-11(7(5-15-17)10(14)20)16-21(18,19)9-4-6(13)2-3-8(9)12/h2-5,16H,1H3,(H2,14,20). The van der Waals surface area contributed by atoms with E-state index in [1.165, 1.54) is 17.9 Å². The highest BCUT2D eigenvalue weighted by Crippen LogP contribution is 2.25. The van der Waals surface area contributed by atoms with Crippen molar-refractivity contribution in [3.8, 4) is 0 Å². The van der Waals surface area contributed by atoms with Crippen molar-refractivity contribution in [3.05, 3.63) is 40.8 Å². The van der Waals surface area contributed by atoms with Crippen molar-refractivity contribution in [1.29, 1.82) is 0 Å². The third kappa shape index (κ3) is 3.14. The number of rotatable bonds is 4. The van der Waals surface area contributed by atoms with E-state index in [0.717, 1.165) is 18.2 Å². The van der Waals surface area contributed by atoms with Crippen molar-refractivity contribution < 1.29 is 12.8 Å². The van der Waals surface area contributed by atoms with Gasteiger partial charge in [0.25, 0.3) is 10.0 Å². The van der Waals surface area contributed by atoms with E-state index in [2.05, 4.69) is 9.82 Å². The summed E-state index contributed by atoms with van der Waals surface area (Å²) in [6.45, 7) is 0. The molecule has 2 rings (SSSR count). The Labute approximate surface area is 130 Å². The zero-order valence-electron chi connectivity index (χ0n) is 10.7. The molecule has 6 nitrogen and oxygen atoms in total. The summed E-state index contributed by atoms with van der Waals surface area (Å²) in [5.41, 5.74) is 5.75. The molecule has 0 amide bonds. The number of nitrogens with two attached hydrogens (primary N) is 1. The molecule has 21 heavy (non-hydrogen) atoms. The first-order valence-corrected chi connectivity index (χ1v) is 7.79. The van der Waals surface area contributed by atoms with E-state index in [1.807, 2.05) is 0 Å². The molecule has 0 aliphatic carbocycles. The van der Waals surface area contributed by atoms with Crippen LogP contribution in [-0.2, 0) is 17.1 Å². The molecule has 10 heteroatoms. The number of aryl methyl sites for hydroxylation is 1. The normalized spacial score (nSPS) is 11.4. The molecule has 0 aliphatic rings. The van der Waals surface area contributed by atoms with Crippen LogP contribution in [0, 0.1) is 5.82 Å². The summed E-state index contributed by atoms with van der Waals surface area (Å²) in [4.78, 5) is -0.412. The Morgan fingerprint density at radius 1 is 1.52 bits per heavy atom. The SMILES string of the molecule is Cn1ncc(C(N)=S)c1NS(=O)(=O)c1cc(F)ccc1Cl. The molecule has 0 radical (unpaired) electrons. The lowest BCUT2D eigenvalue weighted by atomic mass is 10.3. The number of hydrogen-bond acceptors (Lipinski definition) is 4. The van der Waals surface area contributed by atoms with Crippen LogP contribution in [0.25, 0.3) is 0 Å². The van der Waals surface area contributed by atoms with Crippen molar-refractivity contribution in [2.24, 2.45) is 12.8 Å². The summed E-state index contributed by atoms with van der Waals surface area (Å²) in [6, 6.07) is 3.04. The van der Waals surface area contributed by atoms with Crippen LogP contribution in [0.3, 0.4) is 0 Å². The fourth-order valence-electron chi connectivity index (χ4n) is 1.60.